The van der Waals surface area contributed by atoms with E-state index in [2.05, 4.69) is 20.6 Å². The van der Waals surface area contributed by atoms with Crippen molar-refractivity contribution in [1.82, 2.24) is 15.3 Å². The van der Waals surface area contributed by atoms with Crippen molar-refractivity contribution in [3.8, 4) is 11.6 Å². The molecule has 3 rings (SSSR count). The topological polar surface area (TPSA) is 85.4 Å². The molecule has 7 nitrogen and oxygen atoms in total. The molecule has 3 aromatic rings. The molecule has 2 N–H and O–H groups in total. The molecule has 0 aliphatic carbocycles. The zero-order chi connectivity index (χ0) is 23.1. The van der Waals surface area contributed by atoms with Gasteiger partial charge >= 0.3 is 0 Å². The second kappa shape index (κ2) is 10.6. The summed E-state index contributed by atoms with van der Waals surface area (Å²) in [6.45, 7) is 6.98. The summed E-state index contributed by atoms with van der Waals surface area (Å²) in [4.78, 5) is 20.3. The number of fused-ring (bicyclic) bond motifs is 1. The summed E-state index contributed by atoms with van der Waals surface area (Å²) in [5.74, 6) is 0.701. The average Bonchev–Trinajstić information content (AvgIpc) is 2.74. The summed E-state index contributed by atoms with van der Waals surface area (Å²) < 4.78 is 25.3. The molecule has 9 heteroatoms. The first-order valence-electron chi connectivity index (χ1n) is 10.2. The van der Waals surface area contributed by atoms with Crippen molar-refractivity contribution >= 4 is 34.0 Å². The van der Waals surface area contributed by atoms with Gasteiger partial charge in [0.25, 0.3) is 0 Å². The van der Waals surface area contributed by atoms with Gasteiger partial charge in [-0.05, 0) is 30.3 Å². The number of carbonyl (C=O) groups is 1. The first-order valence-corrected chi connectivity index (χ1v) is 10.5. The summed E-state index contributed by atoms with van der Waals surface area (Å²) in [6.07, 6.45) is 1.39. The third-order valence-corrected chi connectivity index (χ3v) is 4.88. The van der Waals surface area contributed by atoms with Gasteiger partial charge in [0, 0.05) is 23.0 Å². The van der Waals surface area contributed by atoms with E-state index in [1.807, 2.05) is 20.8 Å². The standard InChI is InChI=1S/C23H26ClFN4O3/c1-23(2,3)21(30)12-26-8-9-31-16-5-6-17-20(11-16)27-13-28-22(17)32-14-29-19-7-4-15(24)10-18(19)25/h4-7,10-11,13,26,29H,8-9,12,14H2,1-3H3. The van der Waals surface area contributed by atoms with E-state index in [9.17, 15) is 9.18 Å². The molecule has 0 spiro atoms. The Bertz CT molecular complexity index is 1090. The number of hydrogen-bond donors (Lipinski definition) is 2. The molecule has 0 saturated heterocycles. The predicted molar refractivity (Wildman–Crippen MR) is 123 cm³/mol. The van der Waals surface area contributed by atoms with Crippen LogP contribution in [0.25, 0.3) is 10.9 Å². The molecule has 0 atom stereocenters. The lowest BCUT2D eigenvalue weighted by atomic mass is 9.91. The number of carbonyl (C=O) groups excluding carboxylic acids is 1. The second-order valence-corrected chi connectivity index (χ2v) is 8.58. The minimum absolute atomic E-state index is 0.0157. The Morgan fingerprint density at radius 2 is 1.94 bits per heavy atom. The Balaban J connectivity index is 1.53. The normalized spacial score (nSPS) is 11.4. The molecule has 2 aromatic carbocycles. The van der Waals surface area contributed by atoms with E-state index in [0.29, 0.717) is 47.3 Å². The maximum atomic E-state index is 13.9. The van der Waals surface area contributed by atoms with E-state index in [0.717, 1.165) is 0 Å². The van der Waals surface area contributed by atoms with Gasteiger partial charge < -0.3 is 20.1 Å². The molecule has 1 aromatic heterocycles. The Morgan fingerprint density at radius 3 is 2.69 bits per heavy atom. The van der Waals surface area contributed by atoms with Crippen LogP contribution in [0.15, 0.2) is 42.7 Å². The van der Waals surface area contributed by atoms with Crippen LogP contribution in [0, 0.1) is 11.2 Å². The molecule has 32 heavy (non-hydrogen) atoms. The Kier molecular flexibility index (Phi) is 7.82. The summed E-state index contributed by atoms with van der Waals surface area (Å²) in [5, 5.41) is 6.96. The molecular formula is C23H26ClFN4O3. The first kappa shape index (κ1) is 23.7. The number of nitrogens with one attached hydrogen (secondary N) is 2. The van der Waals surface area contributed by atoms with Crippen LogP contribution < -0.4 is 20.1 Å². The van der Waals surface area contributed by atoms with Crippen molar-refractivity contribution in [1.29, 1.82) is 0 Å². The van der Waals surface area contributed by atoms with E-state index in [-0.39, 0.29) is 23.6 Å². The van der Waals surface area contributed by atoms with E-state index < -0.39 is 5.82 Å². The van der Waals surface area contributed by atoms with Crippen LogP contribution in [0.3, 0.4) is 0 Å². The lowest BCUT2D eigenvalue weighted by Gasteiger charge is -2.16. The van der Waals surface area contributed by atoms with E-state index in [1.54, 1.807) is 24.3 Å². The Hall–Kier alpha value is -2.97. The number of halogens is 2. The van der Waals surface area contributed by atoms with Gasteiger partial charge in [0.15, 0.2) is 12.5 Å². The van der Waals surface area contributed by atoms with Crippen molar-refractivity contribution in [2.24, 2.45) is 5.41 Å². The Morgan fingerprint density at radius 1 is 1.12 bits per heavy atom. The maximum Gasteiger partial charge on any atom is 0.226 e. The highest BCUT2D eigenvalue weighted by Gasteiger charge is 2.20. The van der Waals surface area contributed by atoms with Gasteiger partial charge in [-0.2, -0.15) is 0 Å². The van der Waals surface area contributed by atoms with Gasteiger partial charge in [0.1, 0.15) is 24.5 Å². The number of ketones is 1. The summed E-state index contributed by atoms with van der Waals surface area (Å²) >= 11 is 5.76. The maximum absolute atomic E-state index is 13.9. The van der Waals surface area contributed by atoms with Crippen molar-refractivity contribution < 1.29 is 18.7 Å². The molecule has 1 heterocycles. The molecule has 0 aliphatic heterocycles. The van der Waals surface area contributed by atoms with Gasteiger partial charge in [-0.1, -0.05) is 32.4 Å². The highest BCUT2D eigenvalue weighted by molar-refractivity contribution is 6.30. The highest BCUT2D eigenvalue weighted by atomic mass is 35.5. The van der Waals surface area contributed by atoms with E-state index >= 15 is 0 Å². The lowest BCUT2D eigenvalue weighted by molar-refractivity contribution is -0.125. The zero-order valence-electron chi connectivity index (χ0n) is 18.2. The minimum atomic E-state index is -0.465. The van der Waals surface area contributed by atoms with E-state index in [4.69, 9.17) is 21.1 Å². The number of hydrogen-bond acceptors (Lipinski definition) is 7. The van der Waals surface area contributed by atoms with Crippen molar-refractivity contribution in [3.63, 3.8) is 0 Å². The molecule has 0 radical (unpaired) electrons. The monoisotopic (exact) mass is 460 g/mol. The number of anilines is 1. The van der Waals surface area contributed by atoms with Crippen LogP contribution in [0.5, 0.6) is 11.6 Å². The van der Waals surface area contributed by atoms with Gasteiger partial charge in [0.05, 0.1) is 23.1 Å². The summed E-state index contributed by atoms with van der Waals surface area (Å²) in [6, 6.07) is 9.74. The fraction of sp³-hybridized carbons (Fsp3) is 0.348. The van der Waals surface area contributed by atoms with Crippen molar-refractivity contribution in [2.45, 2.75) is 20.8 Å². The molecule has 0 fully saturated rings. The third-order valence-electron chi connectivity index (χ3n) is 4.64. The quantitative estimate of drug-likeness (QED) is 0.341. The molecule has 0 unspecified atom stereocenters. The molecule has 0 bridgehead atoms. The van der Waals surface area contributed by atoms with Gasteiger partial charge in [-0.3, -0.25) is 4.79 Å². The van der Waals surface area contributed by atoms with Crippen molar-refractivity contribution in [2.75, 3.05) is 31.7 Å². The summed E-state index contributed by atoms with van der Waals surface area (Å²) in [7, 11) is 0. The smallest absolute Gasteiger partial charge is 0.226 e. The lowest BCUT2D eigenvalue weighted by Crippen LogP contribution is -2.34. The zero-order valence-corrected chi connectivity index (χ0v) is 19.0. The first-order chi connectivity index (χ1) is 15.2. The second-order valence-electron chi connectivity index (χ2n) is 8.15. The summed E-state index contributed by atoms with van der Waals surface area (Å²) in [5.41, 5.74) is 0.576. The van der Waals surface area contributed by atoms with Crippen LogP contribution >= 0.6 is 11.6 Å². The fourth-order valence-corrected chi connectivity index (χ4v) is 2.90. The molecular weight excluding hydrogens is 435 g/mol. The fourth-order valence-electron chi connectivity index (χ4n) is 2.74. The molecule has 0 saturated carbocycles. The van der Waals surface area contributed by atoms with Gasteiger partial charge in [0.2, 0.25) is 5.88 Å². The van der Waals surface area contributed by atoms with Crippen molar-refractivity contribution in [3.05, 3.63) is 53.6 Å². The predicted octanol–water partition coefficient (Wildman–Crippen LogP) is 4.45. The molecule has 0 aliphatic rings. The van der Waals surface area contributed by atoms with E-state index in [1.165, 1.54) is 18.5 Å². The number of rotatable bonds is 10. The van der Waals surface area contributed by atoms with Gasteiger partial charge in [-0.15, -0.1) is 0 Å². The minimum Gasteiger partial charge on any atom is -0.492 e. The van der Waals surface area contributed by atoms with Crippen LogP contribution in [0.2, 0.25) is 5.02 Å². The number of Topliss-reactive ketones (excluding diaryl/α,β-unsaturated/α-hetero) is 1. The number of aromatic nitrogens is 2. The number of ether oxygens (including phenoxy) is 2. The van der Waals surface area contributed by atoms with Crippen LogP contribution in [-0.4, -0.2) is 42.2 Å². The highest BCUT2D eigenvalue weighted by Crippen LogP contribution is 2.25. The largest absolute Gasteiger partial charge is 0.492 e. The number of nitrogens with zero attached hydrogens (tertiary/aromatic N) is 2. The van der Waals surface area contributed by atoms with Crippen LogP contribution in [-0.2, 0) is 4.79 Å². The molecule has 170 valence electrons. The SMILES string of the molecule is CC(C)(C)C(=O)CNCCOc1ccc2c(OCNc3ccc(Cl)cc3F)ncnc2c1. The van der Waals surface area contributed by atoms with Crippen LogP contribution in [0.1, 0.15) is 20.8 Å². The third kappa shape index (κ3) is 6.51. The Labute approximate surface area is 191 Å². The average molecular weight is 461 g/mol. The van der Waals surface area contributed by atoms with Crippen LogP contribution in [0.4, 0.5) is 10.1 Å². The number of benzene rings is 2. The van der Waals surface area contributed by atoms with Gasteiger partial charge in [-0.25, -0.2) is 14.4 Å². The molecule has 0 amide bonds.